The van der Waals surface area contributed by atoms with E-state index in [1.165, 1.54) is 0 Å². The van der Waals surface area contributed by atoms with Crippen LogP contribution in [0, 0.1) is 5.92 Å². The van der Waals surface area contributed by atoms with Crippen LogP contribution < -0.4 is 11.1 Å². The van der Waals surface area contributed by atoms with Crippen LogP contribution in [0.3, 0.4) is 0 Å². The van der Waals surface area contributed by atoms with Crippen molar-refractivity contribution < 1.29 is 9.32 Å². The van der Waals surface area contributed by atoms with Crippen molar-refractivity contribution in [3.05, 3.63) is 35.2 Å². The maximum Gasteiger partial charge on any atom is 0.226 e. The first-order chi connectivity index (χ1) is 11.8. The summed E-state index contributed by atoms with van der Waals surface area (Å²) in [4.78, 5) is 16.5. The summed E-state index contributed by atoms with van der Waals surface area (Å²) in [6.07, 6.45) is 1.57. The third-order valence-electron chi connectivity index (χ3n) is 4.49. The minimum Gasteiger partial charge on any atom is -0.349 e. The minimum atomic E-state index is -0.386. The highest BCUT2D eigenvalue weighted by atomic mass is 35.5. The highest BCUT2D eigenvalue weighted by Crippen LogP contribution is 2.19. The van der Waals surface area contributed by atoms with Gasteiger partial charge in [0.1, 0.15) is 0 Å². The smallest absolute Gasteiger partial charge is 0.226 e. The number of amides is 1. The average molecular weight is 365 g/mol. The number of hydrogen-bond acceptors (Lipinski definition) is 5. The van der Waals surface area contributed by atoms with E-state index in [4.69, 9.17) is 21.9 Å². The number of nitrogens with zero attached hydrogens (tertiary/aromatic N) is 2. The Morgan fingerprint density at radius 2 is 2.04 bits per heavy atom. The molecule has 1 unspecified atom stereocenters. The molecule has 0 spiro atoms. The third-order valence-corrected chi connectivity index (χ3v) is 4.74. The molecule has 1 atom stereocenters. The Balaban J connectivity index is 1.84. The molecule has 0 bridgehead atoms. The first-order valence-electron chi connectivity index (χ1n) is 8.43. The van der Waals surface area contributed by atoms with Crippen molar-refractivity contribution in [2.75, 3.05) is 6.54 Å². The number of nitrogens with two attached hydrogens (primary N) is 1. The molecule has 2 aromatic rings. The predicted molar refractivity (Wildman–Crippen MR) is 98.1 cm³/mol. The first kappa shape index (κ1) is 19.4. The molecule has 3 N–H and O–H groups in total. The van der Waals surface area contributed by atoms with Crippen LogP contribution >= 0.6 is 11.6 Å². The van der Waals surface area contributed by atoms with Crippen LogP contribution in [0.1, 0.15) is 39.5 Å². The Hall–Kier alpha value is -1.92. The highest BCUT2D eigenvalue weighted by molar-refractivity contribution is 6.30. The number of carbonyl (C=O) groups is 1. The van der Waals surface area contributed by atoms with E-state index in [1.807, 2.05) is 32.9 Å². The molecule has 0 aliphatic rings. The van der Waals surface area contributed by atoms with Gasteiger partial charge in [-0.05, 0) is 43.5 Å². The van der Waals surface area contributed by atoms with Gasteiger partial charge in [-0.25, -0.2) is 0 Å². The predicted octanol–water partition coefficient (Wildman–Crippen LogP) is 3.20. The van der Waals surface area contributed by atoms with Gasteiger partial charge in [0.15, 0.2) is 0 Å². The third kappa shape index (κ3) is 5.28. The van der Waals surface area contributed by atoms with Crippen LogP contribution in [0.25, 0.3) is 11.4 Å². The molecule has 0 saturated carbocycles. The number of benzene rings is 1. The molecule has 136 valence electrons. The maximum atomic E-state index is 12.1. The van der Waals surface area contributed by atoms with Gasteiger partial charge in [0.05, 0.1) is 5.54 Å². The Labute approximate surface area is 153 Å². The summed E-state index contributed by atoms with van der Waals surface area (Å²) in [5.41, 5.74) is 6.24. The SMILES string of the molecule is CC(C)C(C)(CN)NC(=O)CCCc1nc(-c2ccc(Cl)cc2)no1. The number of carbonyl (C=O) groups excluding carboxylic acids is 1. The molecular weight excluding hydrogens is 340 g/mol. The second-order valence-electron chi connectivity index (χ2n) is 6.70. The van der Waals surface area contributed by atoms with Gasteiger partial charge in [-0.15, -0.1) is 0 Å². The van der Waals surface area contributed by atoms with E-state index in [0.717, 1.165) is 5.56 Å². The largest absolute Gasteiger partial charge is 0.349 e. The van der Waals surface area contributed by atoms with Crippen LogP contribution in [0.5, 0.6) is 0 Å². The molecule has 1 aromatic carbocycles. The molecule has 0 aliphatic heterocycles. The van der Waals surface area contributed by atoms with E-state index < -0.39 is 0 Å². The summed E-state index contributed by atoms with van der Waals surface area (Å²) in [6, 6.07) is 7.23. The number of halogens is 1. The normalized spacial score (nSPS) is 13.7. The Morgan fingerprint density at radius 1 is 1.36 bits per heavy atom. The van der Waals surface area contributed by atoms with Crippen molar-refractivity contribution in [1.29, 1.82) is 0 Å². The van der Waals surface area contributed by atoms with Gasteiger partial charge in [-0.3, -0.25) is 4.79 Å². The van der Waals surface area contributed by atoms with Crippen LogP contribution in [0.15, 0.2) is 28.8 Å². The molecule has 1 heterocycles. The maximum absolute atomic E-state index is 12.1. The van der Waals surface area contributed by atoms with Gasteiger partial charge >= 0.3 is 0 Å². The zero-order chi connectivity index (χ0) is 18.4. The van der Waals surface area contributed by atoms with Gasteiger partial charge in [0.25, 0.3) is 0 Å². The van der Waals surface area contributed by atoms with Gasteiger partial charge in [0, 0.05) is 30.0 Å². The molecular formula is C18H25ClN4O2. The first-order valence-corrected chi connectivity index (χ1v) is 8.81. The summed E-state index contributed by atoms with van der Waals surface area (Å²) < 4.78 is 5.25. The molecule has 0 saturated heterocycles. The minimum absolute atomic E-state index is 0.0147. The van der Waals surface area contributed by atoms with Crippen LogP contribution in [-0.4, -0.2) is 28.1 Å². The molecule has 0 radical (unpaired) electrons. The highest BCUT2D eigenvalue weighted by Gasteiger charge is 2.28. The molecule has 0 fully saturated rings. The van der Waals surface area contributed by atoms with Crippen LogP contribution in [0.2, 0.25) is 5.02 Å². The van der Waals surface area contributed by atoms with Crippen molar-refractivity contribution in [2.24, 2.45) is 11.7 Å². The standard InChI is InChI=1S/C18H25ClN4O2/c1-12(2)18(3,11-20)22-15(24)5-4-6-16-21-17(23-25-16)13-7-9-14(19)10-8-13/h7-10,12H,4-6,11,20H2,1-3H3,(H,22,24). The van der Waals surface area contributed by atoms with E-state index in [1.54, 1.807) is 12.1 Å². The van der Waals surface area contributed by atoms with Crippen LogP contribution in [-0.2, 0) is 11.2 Å². The van der Waals surface area contributed by atoms with Crippen molar-refractivity contribution in [1.82, 2.24) is 15.5 Å². The van der Waals surface area contributed by atoms with Crippen molar-refractivity contribution in [3.8, 4) is 11.4 Å². The zero-order valence-electron chi connectivity index (χ0n) is 14.9. The molecule has 1 amide bonds. The Bertz CT molecular complexity index is 699. The Kier molecular flexibility index (Phi) is 6.56. The fourth-order valence-corrected chi connectivity index (χ4v) is 2.41. The summed E-state index contributed by atoms with van der Waals surface area (Å²) >= 11 is 5.87. The monoisotopic (exact) mass is 364 g/mol. The second kappa shape index (κ2) is 8.45. The topological polar surface area (TPSA) is 94.0 Å². The van der Waals surface area contributed by atoms with Crippen molar-refractivity contribution >= 4 is 17.5 Å². The lowest BCUT2D eigenvalue weighted by molar-refractivity contribution is -0.123. The van der Waals surface area contributed by atoms with Crippen LogP contribution in [0.4, 0.5) is 0 Å². The lowest BCUT2D eigenvalue weighted by Crippen LogP contribution is -2.54. The molecule has 1 aromatic heterocycles. The molecule has 25 heavy (non-hydrogen) atoms. The van der Waals surface area contributed by atoms with Gasteiger partial charge in [-0.1, -0.05) is 30.6 Å². The molecule has 7 heteroatoms. The lowest BCUT2D eigenvalue weighted by Gasteiger charge is -2.33. The van der Waals surface area contributed by atoms with E-state index in [-0.39, 0.29) is 17.4 Å². The quantitative estimate of drug-likeness (QED) is 0.750. The summed E-state index contributed by atoms with van der Waals surface area (Å²) in [7, 11) is 0. The molecule has 6 nitrogen and oxygen atoms in total. The number of nitrogens with one attached hydrogen (secondary N) is 1. The van der Waals surface area contributed by atoms with Crippen molar-refractivity contribution in [2.45, 2.75) is 45.6 Å². The van der Waals surface area contributed by atoms with Crippen molar-refractivity contribution in [3.63, 3.8) is 0 Å². The van der Waals surface area contributed by atoms with E-state index >= 15 is 0 Å². The zero-order valence-corrected chi connectivity index (χ0v) is 15.6. The second-order valence-corrected chi connectivity index (χ2v) is 7.13. The van der Waals surface area contributed by atoms with Gasteiger partial charge < -0.3 is 15.6 Å². The fourth-order valence-electron chi connectivity index (χ4n) is 2.28. The number of aryl methyl sites for hydroxylation is 1. The Morgan fingerprint density at radius 3 is 2.64 bits per heavy atom. The van der Waals surface area contributed by atoms with Gasteiger partial charge in [-0.2, -0.15) is 4.98 Å². The number of rotatable bonds is 8. The summed E-state index contributed by atoms with van der Waals surface area (Å²) in [5, 5.41) is 7.64. The van der Waals surface area contributed by atoms with Gasteiger partial charge in [0.2, 0.25) is 17.6 Å². The van der Waals surface area contributed by atoms with E-state index in [2.05, 4.69) is 15.5 Å². The number of hydrogen-bond donors (Lipinski definition) is 2. The molecule has 0 aliphatic carbocycles. The fraction of sp³-hybridized carbons (Fsp3) is 0.500. The summed E-state index contributed by atoms with van der Waals surface area (Å²) in [6.45, 7) is 6.46. The van der Waals surface area contributed by atoms with E-state index in [0.29, 0.717) is 42.5 Å². The lowest BCUT2D eigenvalue weighted by atomic mass is 9.88. The summed E-state index contributed by atoms with van der Waals surface area (Å²) in [5.74, 6) is 1.29. The molecule has 2 rings (SSSR count). The van der Waals surface area contributed by atoms with E-state index in [9.17, 15) is 4.79 Å². The average Bonchev–Trinajstić information content (AvgIpc) is 3.04. The number of aromatic nitrogens is 2.